The van der Waals surface area contributed by atoms with Crippen LogP contribution in [0.15, 0.2) is 42.9 Å². The molecule has 1 N–H and O–H groups in total. The van der Waals surface area contributed by atoms with Crippen molar-refractivity contribution in [1.29, 1.82) is 0 Å². The van der Waals surface area contributed by atoms with Crippen molar-refractivity contribution < 1.29 is 0 Å². The van der Waals surface area contributed by atoms with Gasteiger partial charge in [0.1, 0.15) is 0 Å². The molecule has 2 aromatic rings. The van der Waals surface area contributed by atoms with E-state index in [1.807, 2.05) is 24.5 Å². The number of nitrogens with zero attached hydrogens (tertiary/aromatic N) is 2. The van der Waals surface area contributed by atoms with Gasteiger partial charge in [0.25, 0.3) is 0 Å². The molecule has 0 bridgehead atoms. The van der Waals surface area contributed by atoms with E-state index in [-0.39, 0.29) is 6.04 Å². The van der Waals surface area contributed by atoms with Crippen molar-refractivity contribution >= 4 is 0 Å². The molecule has 3 nitrogen and oxygen atoms in total. The summed E-state index contributed by atoms with van der Waals surface area (Å²) in [5.74, 6) is 0. The Morgan fingerprint density at radius 3 is 2.72 bits per heavy atom. The fraction of sp³-hybridized carbons (Fsp3) is 0.333. The van der Waals surface area contributed by atoms with E-state index in [4.69, 9.17) is 0 Å². The molecule has 0 aliphatic carbocycles. The van der Waals surface area contributed by atoms with Gasteiger partial charge in [0.2, 0.25) is 0 Å². The summed E-state index contributed by atoms with van der Waals surface area (Å²) < 4.78 is 0. The van der Waals surface area contributed by atoms with Crippen LogP contribution in [0, 0.1) is 6.92 Å². The summed E-state index contributed by atoms with van der Waals surface area (Å²) in [6, 6.07) is 8.45. The van der Waals surface area contributed by atoms with Crippen LogP contribution in [0.25, 0.3) is 0 Å². The molecule has 0 radical (unpaired) electrons. The maximum atomic E-state index is 4.47. The lowest BCUT2D eigenvalue weighted by molar-refractivity contribution is 0.541. The van der Waals surface area contributed by atoms with Crippen LogP contribution in [0.4, 0.5) is 0 Å². The number of pyridine rings is 2. The topological polar surface area (TPSA) is 37.8 Å². The second-order valence-corrected chi connectivity index (χ2v) is 4.37. The summed E-state index contributed by atoms with van der Waals surface area (Å²) in [6.45, 7) is 5.16. The molecule has 0 saturated carbocycles. The Hall–Kier alpha value is -1.74. The van der Waals surface area contributed by atoms with Crippen molar-refractivity contribution in [2.24, 2.45) is 0 Å². The summed E-state index contributed by atoms with van der Waals surface area (Å²) >= 11 is 0. The Bertz CT molecular complexity index is 482. The Morgan fingerprint density at radius 1 is 1.22 bits per heavy atom. The van der Waals surface area contributed by atoms with Crippen LogP contribution in [0.5, 0.6) is 0 Å². The highest BCUT2D eigenvalue weighted by atomic mass is 14.9. The third-order valence-electron chi connectivity index (χ3n) is 3.05. The van der Waals surface area contributed by atoms with Crippen LogP contribution in [0.3, 0.4) is 0 Å². The summed E-state index contributed by atoms with van der Waals surface area (Å²) in [7, 11) is 0. The zero-order valence-corrected chi connectivity index (χ0v) is 10.9. The average Bonchev–Trinajstić information content (AvgIpc) is 2.42. The molecule has 0 fully saturated rings. The summed E-state index contributed by atoms with van der Waals surface area (Å²) in [5, 5.41) is 3.49. The van der Waals surface area contributed by atoms with E-state index in [0.717, 1.165) is 18.7 Å². The van der Waals surface area contributed by atoms with E-state index in [2.05, 4.69) is 41.3 Å². The molecule has 0 aliphatic rings. The first kappa shape index (κ1) is 12.7. The van der Waals surface area contributed by atoms with Crippen molar-refractivity contribution in [3.05, 3.63) is 59.7 Å². The van der Waals surface area contributed by atoms with Crippen LogP contribution < -0.4 is 5.32 Å². The number of likely N-dealkylation sites (N-methyl/N-ethyl adjacent to an activating group) is 1. The molecule has 2 aromatic heterocycles. The van der Waals surface area contributed by atoms with Crippen molar-refractivity contribution in [3.63, 3.8) is 0 Å². The smallest absolute Gasteiger partial charge is 0.0451 e. The lowest BCUT2D eigenvalue weighted by Crippen LogP contribution is -2.23. The van der Waals surface area contributed by atoms with E-state index in [0.29, 0.717) is 0 Å². The molecule has 18 heavy (non-hydrogen) atoms. The fourth-order valence-corrected chi connectivity index (χ4v) is 2.06. The van der Waals surface area contributed by atoms with Crippen LogP contribution in [0.2, 0.25) is 0 Å². The molecule has 0 aromatic carbocycles. The lowest BCUT2D eigenvalue weighted by Gasteiger charge is -2.18. The van der Waals surface area contributed by atoms with Crippen LogP contribution >= 0.6 is 0 Å². The maximum absolute atomic E-state index is 4.47. The van der Waals surface area contributed by atoms with E-state index in [1.165, 1.54) is 11.1 Å². The van der Waals surface area contributed by atoms with Gasteiger partial charge < -0.3 is 5.32 Å². The minimum absolute atomic E-state index is 0.275. The van der Waals surface area contributed by atoms with Crippen molar-refractivity contribution in [1.82, 2.24) is 15.3 Å². The van der Waals surface area contributed by atoms with Crippen molar-refractivity contribution in [3.8, 4) is 0 Å². The predicted molar refractivity (Wildman–Crippen MR) is 73.3 cm³/mol. The zero-order valence-electron chi connectivity index (χ0n) is 10.9. The second-order valence-electron chi connectivity index (χ2n) is 4.37. The number of hydrogen-bond acceptors (Lipinski definition) is 3. The summed E-state index contributed by atoms with van der Waals surface area (Å²) in [6.07, 6.45) is 6.48. The van der Waals surface area contributed by atoms with Crippen molar-refractivity contribution in [2.75, 3.05) is 6.54 Å². The van der Waals surface area contributed by atoms with Gasteiger partial charge in [-0.25, -0.2) is 0 Å². The van der Waals surface area contributed by atoms with Crippen molar-refractivity contribution in [2.45, 2.75) is 26.3 Å². The molecule has 94 valence electrons. The fourth-order valence-electron chi connectivity index (χ4n) is 2.06. The molecule has 2 heterocycles. The SMILES string of the molecule is CCNC(Cc1ncccc1C)c1cccnc1. The van der Waals surface area contributed by atoms with Gasteiger partial charge in [-0.1, -0.05) is 19.1 Å². The van der Waals surface area contributed by atoms with Gasteiger partial charge in [0, 0.05) is 36.7 Å². The van der Waals surface area contributed by atoms with E-state index in [9.17, 15) is 0 Å². The molecule has 0 aliphatic heterocycles. The first-order valence-corrected chi connectivity index (χ1v) is 6.35. The lowest BCUT2D eigenvalue weighted by atomic mass is 10.0. The maximum Gasteiger partial charge on any atom is 0.0451 e. The quantitative estimate of drug-likeness (QED) is 0.874. The molecular formula is C15H19N3. The van der Waals surface area contributed by atoms with Gasteiger partial charge in [0.15, 0.2) is 0 Å². The van der Waals surface area contributed by atoms with E-state index in [1.54, 1.807) is 6.20 Å². The largest absolute Gasteiger partial charge is 0.310 e. The molecule has 3 heteroatoms. The third kappa shape index (κ3) is 3.14. The summed E-state index contributed by atoms with van der Waals surface area (Å²) in [5.41, 5.74) is 3.60. The average molecular weight is 241 g/mol. The Balaban J connectivity index is 2.19. The number of nitrogens with one attached hydrogen (secondary N) is 1. The number of aryl methyl sites for hydroxylation is 1. The molecule has 2 rings (SSSR count). The van der Waals surface area contributed by atoms with Gasteiger partial charge in [-0.05, 0) is 36.7 Å². The minimum atomic E-state index is 0.275. The monoisotopic (exact) mass is 241 g/mol. The number of rotatable bonds is 5. The van der Waals surface area contributed by atoms with Crippen LogP contribution in [-0.4, -0.2) is 16.5 Å². The minimum Gasteiger partial charge on any atom is -0.310 e. The van der Waals surface area contributed by atoms with E-state index >= 15 is 0 Å². The first-order valence-electron chi connectivity index (χ1n) is 6.35. The highest BCUT2D eigenvalue weighted by molar-refractivity contribution is 5.22. The predicted octanol–water partition coefficient (Wildman–Crippen LogP) is 2.68. The highest BCUT2D eigenvalue weighted by Gasteiger charge is 2.12. The standard InChI is InChI=1S/C15H19N3/c1-3-17-15(13-7-5-8-16-11-13)10-14-12(2)6-4-9-18-14/h4-9,11,15,17H,3,10H2,1-2H3. The third-order valence-corrected chi connectivity index (χ3v) is 3.05. The first-order chi connectivity index (χ1) is 8.81. The molecule has 1 unspecified atom stereocenters. The zero-order chi connectivity index (χ0) is 12.8. The number of aromatic nitrogens is 2. The van der Waals surface area contributed by atoms with Gasteiger partial charge in [0.05, 0.1) is 0 Å². The Kier molecular flexibility index (Phi) is 4.42. The summed E-state index contributed by atoms with van der Waals surface area (Å²) in [4.78, 5) is 8.66. The second kappa shape index (κ2) is 6.26. The molecule has 0 spiro atoms. The number of hydrogen-bond donors (Lipinski definition) is 1. The normalized spacial score (nSPS) is 12.3. The van der Waals surface area contributed by atoms with Crippen LogP contribution in [-0.2, 0) is 6.42 Å². The molecule has 0 saturated heterocycles. The van der Waals surface area contributed by atoms with E-state index < -0.39 is 0 Å². The molecule has 0 amide bonds. The molecule has 1 atom stereocenters. The van der Waals surface area contributed by atoms with Gasteiger partial charge in [-0.15, -0.1) is 0 Å². The van der Waals surface area contributed by atoms with Gasteiger partial charge >= 0.3 is 0 Å². The Morgan fingerprint density at radius 2 is 2.06 bits per heavy atom. The van der Waals surface area contributed by atoms with Gasteiger partial charge in [-0.3, -0.25) is 9.97 Å². The Labute approximate surface area is 108 Å². The molecular weight excluding hydrogens is 222 g/mol. The highest BCUT2D eigenvalue weighted by Crippen LogP contribution is 2.18. The van der Waals surface area contributed by atoms with Gasteiger partial charge in [-0.2, -0.15) is 0 Å². The van der Waals surface area contributed by atoms with Crippen LogP contribution in [0.1, 0.15) is 29.8 Å².